The van der Waals surface area contributed by atoms with Gasteiger partial charge in [-0.3, -0.25) is 4.98 Å². The SMILES string of the molecule is CC(C)(C)OC(=O)NCCCc1ccncc1N. The minimum absolute atomic E-state index is 0.384. The molecule has 3 N–H and O–H groups in total. The van der Waals surface area contributed by atoms with Crippen LogP contribution < -0.4 is 11.1 Å². The van der Waals surface area contributed by atoms with Crippen LogP contribution in [0.4, 0.5) is 10.5 Å². The highest BCUT2D eigenvalue weighted by Gasteiger charge is 2.15. The third kappa shape index (κ3) is 5.52. The van der Waals surface area contributed by atoms with Crippen molar-refractivity contribution in [1.29, 1.82) is 0 Å². The molecule has 0 fully saturated rings. The van der Waals surface area contributed by atoms with Crippen molar-refractivity contribution < 1.29 is 9.53 Å². The fraction of sp³-hybridized carbons (Fsp3) is 0.538. The predicted molar refractivity (Wildman–Crippen MR) is 71.2 cm³/mol. The van der Waals surface area contributed by atoms with Crippen LogP contribution in [-0.4, -0.2) is 23.2 Å². The van der Waals surface area contributed by atoms with Crippen LogP contribution in [0.25, 0.3) is 0 Å². The summed E-state index contributed by atoms with van der Waals surface area (Å²) in [5.41, 5.74) is 7.05. The smallest absolute Gasteiger partial charge is 0.407 e. The number of nitrogen functional groups attached to an aromatic ring is 1. The maximum absolute atomic E-state index is 11.4. The van der Waals surface area contributed by atoms with Crippen molar-refractivity contribution in [1.82, 2.24) is 10.3 Å². The summed E-state index contributed by atoms with van der Waals surface area (Å²) in [7, 11) is 0. The van der Waals surface area contributed by atoms with Gasteiger partial charge in [-0.15, -0.1) is 0 Å². The van der Waals surface area contributed by atoms with E-state index in [1.54, 1.807) is 12.4 Å². The van der Waals surface area contributed by atoms with Gasteiger partial charge < -0.3 is 15.8 Å². The van der Waals surface area contributed by atoms with E-state index in [0.29, 0.717) is 12.2 Å². The Bertz CT molecular complexity index is 399. The van der Waals surface area contributed by atoms with Crippen molar-refractivity contribution in [3.8, 4) is 0 Å². The van der Waals surface area contributed by atoms with E-state index in [1.807, 2.05) is 26.8 Å². The summed E-state index contributed by atoms with van der Waals surface area (Å²) in [6, 6.07) is 1.89. The third-order valence-corrected chi connectivity index (χ3v) is 2.24. The molecule has 0 saturated heterocycles. The zero-order chi connectivity index (χ0) is 13.6. The number of aryl methyl sites for hydroxylation is 1. The molecular weight excluding hydrogens is 230 g/mol. The van der Waals surface area contributed by atoms with Crippen LogP contribution in [0.15, 0.2) is 18.5 Å². The van der Waals surface area contributed by atoms with Gasteiger partial charge in [0, 0.05) is 12.7 Å². The predicted octanol–water partition coefficient (Wildman–Crippen LogP) is 2.12. The highest BCUT2D eigenvalue weighted by molar-refractivity contribution is 5.67. The monoisotopic (exact) mass is 251 g/mol. The summed E-state index contributed by atoms with van der Waals surface area (Å²) >= 11 is 0. The van der Waals surface area contributed by atoms with Gasteiger partial charge in [-0.2, -0.15) is 0 Å². The van der Waals surface area contributed by atoms with Crippen molar-refractivity contribution in [3.05, 3.63) is 24.0 Å². The van der Waals surface area contributed by atoms with Crippen LogP contribution in [0.2, 0.25) is 0 Å². The van der Waals surface area contributed by atoms with Gasteiger partial charge in [0.1, 0.15) is 5.60 Å². The van der Waals surface area contributed by atoms with Crippen molar-refractivity contribution in [2.45, 2.75) is 39.2 Å². The number of nitrogens with one attached hydrogen (secondary N) is 1. The van der Waals surface area contributed by atoms with E-state index in [1.165, 1.54) is 0 Å². The molecule has 0 aliphatic carbocycles. The van der Waals surface area contributed by atoms with Crippen LogP contribution in [0.1, 0.15) is 32.8 Å². The number of carbonyl (C=O) groups excluding carboxylic acids is 1. The lowest BCUT2D eigenvalue weighted by atomic mass is 10.1. The van der Waals surface area contributed by atoms with Gasteiger partial charge in [-0.1, -0.05) is 0 Å². The van der Waals surface area contributed by atoms with Gasteiger partial charge in [-0.25, -0.2) is 4.79 Å². The number of pyridine rings is 1. The van der Waals surface area contributed by atoms with E-state index in [0.717, 1.165) is 18.4 Å². The fourth-order valence-corrected chi connectivity index (χ4v) is 1.45. The molecule has 0 atom stereocenters. The standard InChI is InChI=1S/C13H21N3O2/c1-13(2,3)18-12(17)16-7-4-5-10-6-8-15-9-11(10)14/h6,8-9H,4-5,7,14H2,1-3H3,(H,16,17). The molecule has 0 aliphatic heterocycles. The molecule has 1 aromatic rings. The summed E-state index contributed by atoms with van der Waals surface area (Å²) in [4.78, 5) is 15.3. The normalized spacial score (nSPS) is 11.1. The van der Waals surface area contributed by atoms with Crippen LogP contribution in [0.5, 0.6) is 0 Å². The maximum Gasteiger partial charge on any atom is 0.407 e. The van der Waals surface area contributed by atoms with Gasteiger partial charge in [0.2, 0.25) is 0 Å². The molecule has 1 heterocycles. The van der Waals surface area contributed by atoms with Crippen molar-refractivity contribution in [2.24, 2.45) is 0 Å². The zero-order valence-corrected chi connectivity index (χ0v) is 11.2. The zero-order valence-electron chi connectivity index (χ0n) is 11.2. The minimum atomic E-state index is -0.459. The van der Waals surface area contributed by atoms with Gasteiger partial charge in [0.25, 0.3) is 0 Å². The van der Waals surface area contributed by atoms with E-state index < -0.39 is 5.60 Å². The Morgan fingerprint density at radius 1 is 1.50 bits per heavy atom. The second kappa shape index (κ2) is 6.23. The Kier molecular flexibility index (Phi) is 4.95. The number of anilines is 1. The molecule has 5 nitrogen and oxygen atoms in total. The van der Waals surface area contributed by atoms with Gasteiger partial charge in [-0.05, 0) is 45.2 Å². The molecule has 100 valence electrons. The van der Waals surface area contributed by atoms with Crippen molar-refractivity contribution >= 4 is 11.8 Å². The Morgan fingerprint density at radius 2 is 2.22 bits per heavy atom. The fourth-order valence-electron chi connectivity index (χ4n) is 1.45. The van der Waals surface area contributed by atoms with Crippen molar-refractivity contribution in [3.63, 3.8) is 0 Å². The molecule has 0 unspecified atom stereocenters. The molecular formula is C13H21N3O2. The lowest BCUT2D eigenvalue weighted by Gasteiger charge is -2.19. The Balaban J connectivity index is 2.23. The first-order valence-electron chi connectivity index (χ1n) is 6.04. The van der Waals surface area contributed by atoms with E-state index in [4.69, 9.17) is 10.5 Å². The number of hydrogen-bond donors (Lipinski definition) is 2. The number of alkyl carbamates (subject to hydrolysis) is 1. The van der Waals surface area contributed by atoms with E-state index >= 15 is 0 Å². The largest absolute Gasteiger partial charge is 0.444 e. The summed E-state index contributed by atoms with van der Waals surface area (Å²) in [5, 5.41) is 2.71. The van der Waals surface area contributed by atoms with Crippen LogP contribution in [0, 0.1) is 0 Å². The second-order valence-corrected chi connectivity index (χ2v) is 5.11. The first kappa shape index (κ1) is 14.3. The van der Waals surface area contributed by atoms with E-state index in [-0.39, 0.29) is 6.09 Å². The summed E-state index contributed by atoms with van der Waals surface area (Å²) in [6.45, 7) is 6.08. The highest BCUT2D eigenvalue weighted by Crippen LogP contribution is 2.10. The molecule has 1 rings (SSSR count). The molecule has 0 bridgehead atoms. The summed E-state index contributed by atoms with van der Waals surface area (Å²) < 4.78 is 5.13. The molecule has 1 amide bonds. The van der Waals surface area contributed by atoms with Crippen LogP contribution in [0.3, 0.4) is 0 Å². The number of hydrogen-bond acceptors (Lipinski definition) is 4. The van der Waals surface area contributed by atoms with Crippen molar-refractivity contribution in [2.75, 3.05) is 12.3 Å². The number of carbonyl (C=O) groups is 1. The Labute approximate surface area is 108 Å². The average molecular weight is 251 g/mol. The topological polar surface area (TPSA) is 77.2 Å². The molecule has 0 radical (unpaired) electrons. The summed E-state index contributed by atoms with van der Waals surface area (Å²) in [6.07, 6.45) is 4.59. The minimum Gasteiger partial charge on any atom is -0.444 e. The quantitative estimate of drug-likeness (QED) is 0.803. The maximum atomic E-state index is 11.4. The van der Waals surface area contributed by atoms with E-state index in [9.17, 15) is 4.79 Å². The first-order valence-corrected chi connectivity index (χ1v) is 6.04. The second-order valence-electron chi connectivity index (χ2n) is 5.11. The number of nitrogens with two attached hydrogens (primary N) is 1. The Hall–Kier alpha value is -1.78. The molecule has 5 heteroatoms. The third-order valence-electron chi connectivity index (χ3n) is 2.24. The first-order chi connectivity index (χ1) is 8.38. The molecule has 0 aromatic carbocycles. The molecule has 1 aromatic heterocycles. The summed E-state index contributed by atoms with van der Waals surface area (Å²) in [5.74, 6) is 0. The number of amides is 1. The van der Waals surface area contributed by atoms with Crippen LogP contribution >= 0.6 is 0 Å². The number of nitrogens with zero attached hydrogens (tertiary/aromatic N) is 1. The average Bonchev–Trinajstić information content (AvgIpc) is 2.24. The molecule has 0 saturated carbocycles. The van der Waals surface area contributed by atoms with Gasteiger partial charge in [0.15, 0.2) is 0 Å². The van der Waals surface area contributed by atoms with E-state index in [2.05, 4.69) is 10.3 Å². The molecule has 0 spiro atoms. The highest BCUT2D eigenvalue weighted by atomic mass is 16.6. The van der Waals surface area contributed by atoms with Crippen LogP contribution in [-0.2, 0) is 11.2 Å². The molecule has 18 heavy (non-hydrogen) atoms. The number of rotatable bonds is 4. The van der Waals surface area contributed by atoms with Gasteiger partial charge >= 0.3 is 6.09 Å². The van der Waals surface area contributed by atoms with Gasteiger partial charge in [0.05, 0.1) is 11.9 Å². The number of ether oxygens (including phenoxy) is 1. The lowest BCUT2D eigenvalue weighted by Crippen LogP contribution is -2.33. The Morgan fingerprint density at radius 3 is 2.83 bits per heavy atom. The number of aromatic nitrogens is 1. The lowest BCUT2D eigenvalue weighted by molar-refractivity contribution is 0.0527. The molecule has 0 aliphatic rings.